The summed E-state index contributed by atoms with van der Waals surface area (Å²) in [7, 11) is 1.73. The van der Waals surface area contributed by atoms with Crippen molar-refractivity contribution in [3.8, 4) is 5.75 Å². The summed E-state index contributed by atoms with van der Waals surface area (Å²) in [5.74, 6) is 5.26. The van der Waals surface area contributed by atoms with Crippen LogP contribution in [-0.4, -0.2) is 24.8 Å². The maximum Gasteiger partial charge on any atom is 0.148 e. The molecular formula is C20H27NO4. The number of hydrogen-bond donors (Lipinski definition) is 1. The molecule has 0 amide bonds. The van der Waals surface area contributed by atoms with Gasteiger partial charge in [0.2, 0.25) is 0 Å². The monoisotopic (exact) mass is 345 g/mol. The van der Waals surface area contributed by atoms with Crippen molar-refractivity contribution in [1.82, 2.24) is 0 Å². The molecule has 2 aliphatic rings. The SMILES string of the molecule is COC1CCC2(CC1)CC(=O)C(c1c(C)cc(ON)cc1C)C(=O)C2. The van der Waals surface area contributed by atoms with Crippen LogP contribution in [0.4, 0.5) is 0 Å². The van der Waals surface area contributed by atoms with Crippen molar-refractivity contribution in [2.45, 2.75) is 64.4 Å². The second-order valence-electron chi connectivity index (χ2n) is 7.74. The normalized spacial score (nSPS) is 29.9. The zero-order chi connectivity index (χ0) is 18.2. The number of aryl methyl sites for hydroxylation is 2. The van der Waals surface area contributed by atoms with Crippen molar-refractivity contribution in [2.75, 3.05) is 7.11 Å². The maximum atomic E-state index is 13.0. The van der Waals surface area contributed by atoms with E-state index in [0.717, 1.165) is 42.4 Å². The van der Waals surface area contributed by atoms with Crippen molar-refractivity contribution in [3.63, 3.8) is 0 Å². The number of methoxy groups -OCH3 is 1. The van der Waals surface area contributed by atoms with Crippen LogP contribution in [0.1, 0.15) is 61.1 Å². The maximum absolute atomic E-state index is 13.0. The van der Waals surface area contributed by atoms with Crippen LogP contribution in [-0.2, 0) is 14.3 Å². The van der Waals surface area contributed by atoms with E-state index in [1.165, 1.54) is 0 Å². The number of carbonyl (C=O) groups is 2. The van der Waals surface area contributed by atoms with Gasteiger partial charge >= 0.3 is 0 Å². The van der Waals surface area contributed by atoms with E-state index < -0.39 is 5.92 Å². The first-order chi connectivity index (χ1) is 11.9. The van der Waals surface area contributed by atoms with Gasteiger partial charge in [0, 0.05) is 20.0 Å². The molecule has 0 aliphatic heterocycles. The summed E-state index contributed by atoms with van der Waals surface area (Å²) >= 11 is 0. The highest BCUT2D eigenvalue weighted by Gasteiger charge is 2.47. The third kappa shape index (κ3) is 3.35. The first-order valence-electron chi connectivity index (χ1n) is 8.95. The minimum absolute atomic E-state index is 0.0553. The number of rotatable bonds is 3. The van der Waals surface area contributed by atoms with E-state index >= 15 is 0 Å². The van der Waals surface area contributed by atoms with Crippen LogP contribution in [0.2, 0.25) is 0 Å². The highest BCUT2D eigenvalue weighted by molar-refractivity contribution is 6.10. The van der Waals surface area contributed by atoms with Gasteiger partial charge in [-0.2, -0.15) is 5.90 Å². The number of ketones is 2. The number of nitrogens with two attached hydrogens (primary N) is 1. The molecule has 3 rings (SSSR count). The Hall–Kier alpha value is -1.72. The van der Waals surface area contributed by atoms with E-state index in [-0.39, 0.29) is 23.1 Å². The average molecular weight is 345 g/mol. The van der Waals surface area contributed by atoms with Crippen LogP contribution in [0.25, 0.3) is 0 Å². The Bertz CT molecular complexity index is 646. The fourth-order valence-electron chi connectivity index (χ4n) is 4.76. The Morgan fingerprint density at radius 1 is 1.04 bits per heavy atom. The summed E-state index contributed by atoms with van der Waals surface area (Å²) in [6.45, 7) is 3.80. The Morgan fingerprint density at radius 3 is 2.00 bits per heavy atom. The predicted molar refractivity (Wildman–Crippen MR) is 94.4 cm³/mol. The third-order valence-electron chi connectivity index (χ3n) is 6.06. The molecule has 0 unspecified atom stereocenters. The standard InChI is InChI=1S/C20H27NO4/c1-12-8-15(25-21)9-13(2)18(12)19-16(22)10-20(11-17(19)23)6-4-14(24-3)5-7-20/h8-9,14,19H,4-7,10-11,21H2,1-3H3. The number of ether oxygens (including phenoxy) is 1. The Morgan fingerprint density at radius 2 is 1.56 bits per heavy atom. The van der Waals surface area contributed by atoms with Crippen LogP contribution >= 0.6 is 0 Å². The molecule has 5 nitrogen and oxygen atoms in total. The summed E-state index contributed by atoms with van der Waals surface area (Å²) in [5, 5.41) is 0. The summed E-state index contributed by atoms with van der Waals surface area (Å²) in [6, 6.07) is 3.58. The summed E-state index contributed by atoms with van der Waals surface area (Å²) in [6.07, 6.45) is 4.91. The van der Waals surface area contributed by atoms with Crippen LogP contribution in [0.3, 0.4) is 0 Å². The van der Waals surface area contributed by atoms with Gasteiger partial charge in [-0.1, -0.05) is 0 Å². The molecule has 0 heterocycles. The zero-order valence-electron chi connectivity index (χ0n) is 15.3. The lowest BCUT2D eigenvalue weighted by atomic mass is 9.60. The lowest BCUT2D eigenvalue weighted by Gasteiger charge is -2.43. The van der Waals surface area contributed by atoms with Gasteiger partial charge in [-0.25, -0.2) is 0 Å². The first kappa shape index (κ1) is 18.1. The lowest BCUT2D eigenvalue weighted by Crippen LogP contribution is -2.42. The number of carbonyl (C=O) groups excluding carboxylic acids is 2. The van der Waals surface area contributed by atoms with Gasteiger partial charge < -0.3 is 9.57 Å². The van der Waals surface area contributed by atoms with Crippen LogP contribution in [0.15, 0.2) is 12.1 Å². The highest BCUT2D eigenvalue weighted by atomic mass is 16.6. The fourth-order valence-corrected chi connectivity index (χ4v) is 4.76. The minimum atomic E-state index is -0.641. The Kier molecular flexibility index (Phi) is 4.98. The molecule has 1 aromatic carbocycles. The molecule has 0 aromatic heterocycles. The molecule has 5 heteroatoms. The Balaban J connectivity index is 1.85. The lowest BCUT2D eigenvalue weighted by molar-refractivity contribution is -0.138. The zero-order valence-corrected chi connectivity index (χ0v) is 15.3. The van der Waals surface area contributed by atoms with Gasteiger partial charge in [0.15, 0.2) is 0 Å². The van der Waals surface area contributed by atoms with Crippen molar-refractivity contribution in [3.05, 3.63) is 28.8 Å². The molecule has 0 atom stereocenters. The molecule has 136 valence electrons. The van der Waals surface area contributed by atoms with Crippen molar-refractivity contribution >= 4 is 11.6 Å². The largest absolute Gasteiger partial charge is 0.412 e. The van der Waals surface area contributed by atoms with E-state index in [9.17, 15) is 9.59 Å². The van der Waals surface area contributed by atoms with Gasteiger partial charge in [-0.3, -0.25) is 9.59 Å². The topological polar surface area (TPSA) is 78.6 Å². The van der Waals surface area contributed by atoms with Crippen molar-refractivity contribution in [2.24, 2.45) is 11.3 Å². The molecule has 1 spiro atoms. The smallest absolute Gasteiger partial charge is 0.148 e. The molecule has 2 N–H and O–H groups in total. The molecule has 2 saturated carbocycles. The van der Waals surface area contributed by atoms with Crippen molar-refractivity contribution in [1.29, 1.82) is 0 Å². The highest BCUT2D eigenvalue weighted by Crippen LogP contribution is 2.49. The second kappa shape index (κ2) is 6.89. The first-order valence-corrected chi connectivity index (χ1v) is 8.95. The molecule has 0 saturated heterocycles. The molecule has 25 heavy (non-hydrogen) atoms. The van der Waals surface area contributed by atoms with E-state index in [2.05, 4.69) is 0 Å². The quantitative estimate of drug-likeness (QED) is 0.672. The van der Waals surface area contributed by atoms with Gasteiger partial charge in [0.25, 0.3) is 0 Å². The van der Waals surface area contributed by atoms with Gasteiger partial charge in [0.1, 0.15) is 23.2 Å². The Labute approximate surface area is 148 Å². The van der Waals surface area contributed by atoms with E-state index in [1.54, 1.807) is 19.2 Å². The molecular weight excluding hydrogens is 318 g/mol. The van der Waals surface area contributed by atoms with Gasteiger partial charge in [-0.05, 0) is 73.8 Å². The summed E-state index contributed by atoms with van der Waals surface area (Å²) < 4.78 is 5.43. The molecule has 2 aliphatic carbocycles. The number of hydrogen-bond acceptors (Lipinski definition) is 5. The summed E-state index contributed by atoms with van der Waals surface area (Å²) in [5.41, 5.74) is 2.44. The number of Topliss-reactive ketones (excluding diaryl/α,β-unsaturated/α-hetero) is 2. The third-order valence-corrected chi connectivity index (χ3v) is 6.06. The van der Waals surface area contributed by atoms with Gasteiger partial charge in [0.05, 0.1) is 6.10 Å². The van der Waals surface area contributed by atoms with Gasteiger partial charge in [-0.15, -0.1) is 0 Å². The van der Waals surface area contributed by atoms with E-state index in [4.69, 9.17) is 15.5 Å². The van der Waals surface area contributed by atoms with E-state index in [1.807, 2.05) is 13.8 Å². The number of benzene rings is 1. The molecule has 0 radical (unpaired) electrons. The fraction of sp³-hybridized carbons (Fsp3) is 0.600. The second-order valence-corrected chi connectivity index (χ2v) is 7.74. The van der Waals surface area contributed by atoms with Crippen LogP contribution < -0.4 is 10.7 Å². The molecule has 0 bridgehead atoms. The van der Waals surface area contributed by atoms with Crippen LogP contribution in [0.5, 0.6) is 5.75 Å². The summed E-state index contributed by atoms with van der Waals surface area (Å²) in [4.78, 5) is 30.8. The molecule has 1 aromatic rings. The minimum Gasteiger partial charge on any atom is -0.412 e. The predicted octanol–water partition coefficient (Wildman–Crippen LogP) is 3.15. The average Bonchev–Trinajstić information content (AvgIpc) is 2.57. The van der Waals surface area contributed by atoms with Crippen LogP contribution in [0, 0.1) is 19.3 Å². The van der Waals surface area contributed by atoms with Crippen molar-refractivity contribution < 1.29 is 19.2 Å². The van der Waals surface area contributed by atoms with E-state index in [0.29, 0.717) is 18.6 Å². The molecule has 2 fully saturated rings.